The van der Waals surface area contributed by atoms with Crippen LogP contribution in [0.5, 0.6) is 0 Å². The summed E-state index contributed by atoms with van der Waals surface area (Å²) in [6.45, 7) is 3.04. The highest BCUT2D eigenvalue weighted by atomic mass is 16.2. The van der Waals surface area contributed by atoms with Crippen LogP contribution in [0.1, 0.15) is 39.0 Å². The first kappa shape index (κ1) is 13.1. The Bertz CT molecular complexity index is 262. The van der Waals surface area contributed by atoms with E-state index in [1.165, 1.54) is 25.7 Å². The van der Waals surface area contributed by atoms with Crippen molar-refractivity contribution < 1.29 is 4.79 Å². The summed E-state index contributed by atoms with van der Waals surface area (Å²) in [5.74, 6) is 3.76. The molecule has 1 rings (SSSR count). The molecule has 1 amide bonds. The molecule has 1 unspecified atom stereocenters. The number of hydrogen-bond acceptors (Lipinski definition) is 2. The van der Waals surface area contributed by atoms with E-state index >= 15 is 0 Å². The molecule has 0 bridgehead atoms. The Morgan fingerprint density at radius 3 is 2.69 bits per heavy atom. The largest absolute Gasteiger partial charge is 0.354 e. The summed E-state index contributed by atoms with van der Waals surface area (Å²) in [5, 5.41) is 2.89. The fourth-order valence-corrected chi connectivity index (χ4v) is 2.13. The van der Waals surface area contributed by atoms with Crippen molar-refractivity contribution in [3.63, 3.8) is 0 Å². The highest BCUT2D eigenvalue weighted by Crippen LogP contribution is 2.27. The Labute approximate surface area is 98.2 Å². The van der Waals surface area contributed by atoms with Gasteiger partial charge in [-0.3, -0.25) is 4.79 Å². The molecule has 0 aliphatic heterocycles. The SMILES string of the molecule is C#CCC(N)C(=O)NCC1CCC(C)CC1. The summed E-state index contributed by atoms with van der Waals surface area (Å²) in [4.78, 5) is 11.5. The monoisotopic (exact) mass is 222 g/mol. The Hall–Kier alpha value is -1.01. The normalized spacial score (nSPS) is 26.8. The smallest absolute Gasteiger partial charge is 0.237 e. The van der Waals surface area contributed by atoms with Crippen molar-refractivity contribution in [3.05, 3.63) is 0 Å². The average Bonchev–Trinajstić information content (AvgIpc) is 2.28. The van der Waals surface area contributed by atoms with Crippen molar-refractivity contribution >= 4 is 5.91 Å². The maximum Gasteiger partial charge on any atom is 0.237 e. The van der Waals surface area contributed by atoms with Crippen molar-refractivity contribution in [2.24, 2.45) is 17.6 Å². The van der Waals surface area contributed by atoms with Crippen molar-refractivity contribution in [2.75, 3.05) is 6.54 Å². The third-order valence-electron chi connectivity index (χ3n) is 3.37. The van der Waals surface area contributed by atoms with Crippen LogP contribution >= 0.6 is 0 Å². The minimum atomic E-state index is -0.549. The zero-order chi connectivity index (χ0) is 12.0. The lowest BCUT2D eigenvalue weighted by Gasteiger charge is -2.26. The number of amides is 1. The molecule has 1 saturated carbocycles. The van der Waals surface area contributed by atoms with E-state index < -0.39 is 6.04 Å². The van der Waals surface area contributed by atoms with Gasteiger partial charge in [0.2, 0.25) is 5.91 Å². The first-order valence-electron chi connectivity index (χ1n) is 6.10. The molecule has 16 heavy (non-hydrogen) atoms. The van der Waals surface area contributed by atoms with E-state index in [-0.39, 0.29) is 5.91 Å². The molecule has 1 atom stereocenters. The summed E-state index contributed by atoms with van der Waals surface area (Å²) in [5.41, 5.74) is 5.61. The Morgan fingerprint density at radius 1 is 1.50 bits per heavy atom. The molecular weight excluding hydrogens is 200 g/mol. The van der Waals surface area contributed by atoms with Crippen LogP contribution in [0.2, 0.25) is 0 Å². The van der Waals surface area contributed by atoms with E-state index in [2.05, 4.69) is 18.2 Å². The Morgan fingerprint density at radius 2 is 2.12 bits per heavy atom. The van der Waals surface area contributed by atoms with E-state index in [1.807, 2.05) is 0 Å². The molecular formula is C13H22N2O. The molecule has 3 N–H and O–H groups in total. The van der Waals surface area contributed by atoms with Crippen LogP contribution in [0.3, 0.4) is 0 Å². The second kappa shape index (κ2) is 6.55. The van der Waals surface area contributed by atoms with E-state index in [1.54, 1.807) is 0 Å². The number of terminal acetylenes is 1. The van der Waals surface area contributed by atoms with Gasteiger partial charge in [-0.05, 0) is 24.7 Å². The van der Waals surface area contributed by atoms with Gasteiger partial charge < -0.3 is 11.1 Å². The van der Waals surface area contributed by atoms with Crippen LogP contribution in [-0.2, 0) is 4.79 Å². The first-order valence-corrected chi connectivity index (χ1v) is 6.10. The fourth-order valence-electron chi connectivity index (χ4n) is 2.13. The van der Waals surface area contributed by atoms with E-state index in [0.29, 0.717) is 12.3 Å². The highest BCUT2D eigenvalue weighted by Gasteiger charge is 2.19. The Balaban J connectivity index is 2.19. The topological polar surface area (TPSA) is 55.1 Å². The average molecular weight is 222 g/mol. The quantitative estimate of drug-likeness (QED) is 0.704. The summed E-state index contributed by atoms with van der Waals surface area (Å²) in [6.07, 6.45) is 10.4. The lowest BCUT2D eigenvalue weighted by Crippen LogP contribution is -2.42. The van der Waals surface area contributed by atoms with Crippen molar-refractivity contribution in [3.8, 4) is 12.3 Å². The van der Waals surface area contributed by atoms with Gasteiger partial charge in [0.15, 0.2) is 0 Å². The summed E-state index contributed by atoms with van der Waals surface area (Å²) >= 11 is 0. The van der Waals surface area contributed by atoms with Crippen LogP contribution in [0.15, 0.2) is 0 Å². The fraction of sp³-hybridized carbons (Fsp3) is 0.769. The van der Waals surface area contributed by atoms with Gasteiger partial charge in [0, 0.05) is 13.0 Å². The molecule has 0 aromatic heterocycles. The number of hydrogen-bond donors (Lipinski definition) is 2. The van der Waals surface area contributed by atoms with Gasteiger partial charge in [-0.2, -0.15) is 0 Å². The van der Waals surface area contributed by atoms with Gasteiger partial charge in [0.1, 0.15) is 0 Å². The first-order chi connectivity index (χ1) is 7.63. The summed E-state index contributed by atoms with van der Waals surface area (Å²) in [6, 6.07) is -0.549. The molecule has 3 nitrogen and oxygen atoms in total. The third-order valence-corrected chi connectivity index (χ3v) is 3.37. The van der Waals surface area contributed by atoms with E-state index in [0.717, 1.165) is 12.5 Å². The van der Waals surface area contributed by atoms with Crippen LogP contribution < -0.4 is 11.1 Å². The number of carbonyl (C=O) groups is 1. The molecule has 0 aromatic carbocycles. The highest BCUT2D eigenvalue weighted by molar-refractivity contribution is 5.81. The van der Waals surface area contributed by atoms with Crippen LogP contribution in [0.4, 0.5) is 0 Å². The van der Waals surface area contributed by atoms with Crippen molar-refractivity contribution in [1.82, 2.24) is 5.32 Å². The molecule has 1 fully saturated rings. The summed E-state index contributed by atoms with van der Waals surface area (Å²) < 4.78 is 0. The molecule has 3 heteroatoms. The zero-order valence-corrected chi connectivity index (χ0v) is 10.0. The van der Waals surface area contributed by atoms with Gasteiger partial charge >= 0.3 is 0 Å². The number of nitrogens with one attached hydrogen (secondary N) is 1. The molecule has 1 aliphatic rings. The molecule has 0 heterocycles. The molecule has 0 saturated heterocycles. The van der Waals surface area contributed by atoms with E-state index in [9.17, 15) is 4.79 Å². The molecule has 0 radical (unpaired) electrons. The third kappa shape index (κ3) is 4.24. The second-order valence-electron chi connectivity index (χ2n) is 4.89. The maximum atomic E-state index is 11.5. The predicted molar refractivity (Wildman–Crippen MR) is 65.6 cm³/mol. The van der Waals surface area contributed by atoms with Gasteiger partial charge in [0.25, 0.3) is 0 Å². The van der Waals surface area contributed by atoms with Gasteiger partial charge in [-0.15, -0.1) is 12.3 Å². The van der Waals surface area contributed by atoms with Gasteiger partial charge in [-0.1, -0.05) is 19.8 Å². The Kier molecular flexibility index (Phi) is 5.34. The van der Waals surface area contributed by atoms with Crippen molar-refractivity contribution in [1.29, 1.82) is 0 Å². The minimum absolute atomic E-state index is 0.114. The van der Waals surface area contributed by atoms with E-state index in [4.69, 9.17) is 12.2 Å². The standard InChI is InChI=1S/C13H22N2O/c1-3-4-12(14)13(16)15-9-11-7-5-10(2)6-8-11/h1,10-12H,4-9,14H2,2H3,(H,15,16). The predicted octanol–water partition coefficient (Wildman–Crippen LogP) is 1.28. The lowest BCUT2D eigenvalue weighted by atomic mass is 9.83. The van der Waals surface area contributed by atoms with Crippen LogP contribution in [0, 0.1) is 24.2 Å². The molecule has 1 aliphatic carbocycles. The van der Waals surface area contributed by atoms with Gasteiger partial charge in [0.05, 0.1) is 6.04 Å². The van der Waals surface area contributed by atoms with Crippen molar-refractivity contribution in [2.45, 2.75) is 45.1 Å². The summed E-state index contributed by atoms with van der Waals surface area (Å²) in [7, 11) is 0. The number of carbonyl (C=O) groups excluding carboxylic acids is 1. The molecule has 90 valence electrons. The minimum Gasteiger partial charge on any atom is -0.354 e. The maximum absolute atomic E-state index is 11.5. The number of rotatable bonds is 4. The molecule has 0 aromatic rings. The van der Waals surface area contributed by atoms with Gasteiger partial charge in [-0.25, -0.2) is 0 Å². The van der Waals surface area contributed by atoms with Crippen LogP contribution in [0.25, 0.3) is 0 Å². The lowest BCUT2D eigenvalue weighted by molar-refractivity contribution is -0.122. The second-order valence-corrected chi connectivity index (χ2v) is 4.89. The zero-order valence-electron chi connectivity index (χ0n) is 10.0. The molecule has 0 spiro atoms. The van der Waals surface area contributed by atoms with Crippen LogP contribution in [-0.4, -0.2) is 18.5 Å². The number of nitrogens with two attached hydrogens (primary N) is 1.